The summed E-state index contributed by atoms with van der Waals surface area (Å²) in [6.07, 6.45) is 5.13. The van der Waals surface area contributed by atoms with E-state index in [1.165, 1.54) is 17.2 Å². The Kier molecular flexibility index (Phi) is 4.30. The van der Waals surface area contributed by atoms with Crippen LogP contribution in [0.3, 0.4) is 0 Å². The van der Waals surface area contributed by atoms with Crippen LogP contribution in [0.4, 0.5) is 4.79 Å². The Bertz CT molecular complexity index is 785. The van der Waals surface area contributed by atoms with Crippen molar-refractivity contribution in [3.8, 4) is 12.0 Å². The highest BCUT2D eigenvalue weighted by molar-refractivity contribution is 5.84. The van der Waals surface area contributed by atoms with E-state index in [2.05, 4.69) is 31.1 Å². The number of carbonyl (C=O) groups excluding carboxylic acids is 2. The molecular weight excluding hydrogens is 306 g/mol. The summed E-state index contributed by atoms with van der Waals surface area (Å²) >= 11 is 0. The number of amides is 1. The van der Waals surface area contributed by atoms with Crippen LogP contribution in [0.15, 0.2) is 24.3 Å². The van der Waals surface area contributed by atoms with Crippen LogP contribution in [0.2, 0.25) is 0 Å². The quantitative estimate of drug-likeness (QED) is 0.588. The Morgan fingerprint density at radius 1 is 1.33 bits per heavy atom. The average Bonchev–Trinajstić information content (AvgIpc) is 2.98. The van der Waals surface area contributed by atoms with Gasteiger partial charge in [0.1, 0.15) is 18.3 Å². The van der Waals surface area contributed by atoms with Gasteiger partial charge in [0.05, 0.1) is 0 Å². The number of hydrogen-bond donors (Lipinski definition) is 0. The van der Waals surface area contributed by atoms with E-state index in [9.17, 15) is 9.59 Å². The number of cyclic esters (lactones) is 1. The van der Waals surface area contributed by atoms with Gasteiger partial charge in [0.25, 0.3) is 0 Å². The number of ether oxygens (including phenoxy) is 2. The molecule has 1 aromatic rings. The summed E-state index contributed by atoms with van der Waals surface area (Å²) in [6.45, 7) is 6.19. The number of hydrogen-bond acceptors (Lipinski definition) is 4. The van der Waals surface area contributed by atoms with Crippen LogP contribution in [0.25, 0.3) is 0 Å². The second-order valence-electron chi connectivity index (χ2n) is 6.00. The van der Waals surface area contributed by atoms with E-state index in [-0.39, 0.29) is 0 Å². The maximum absolute atomic E-state index is 12.4. The van der Waals surface area contributed by atoms with Crippen molar-refractivity contribution in [1.29, 1.82) is 0 Å². The van der Waals surface area contributed by atoms with Crippen LogP contribution < -0.4 is 0 Å². The van der Waals surface area contributed by atoms with Crippen molar-refractivity contribution in [2.75, 3.05) is 6.54 Å². The predicted molar refractivity (Wildman–Crippen MR) is 88.0 cm³/mol. The molecule has 24 heavy (non-hydrogen) atoms. The molecule has 0 fully saturated rings. The Morgan fingerprint density at radius 3 is 2.75 bits per heavy atom. The maximum Gasteiger partial charge on any atom is 0.424 e. The van der Waals surface area contributed by atoms with E-state index >= 15 is 0 Å². The normalized spacial score (nSPS) is 21.6. The molecule has 124 valence electrons. The maximum atomic E-state index is 12.4. The third kappa shape index (κ3) is 2.88. The third-order valence-electron chi connectivity index (χ3n) is 4.49. The number of nitrogens with zero attached hydrogens (tertiary/aromatic N) is 1. The van der Waals surface area contributed by atoms with Crippen molar-refractivity contribution in [2.45, 2.75) is 39.3 Å². The summed E-state index contributed by atoms with van der Waals surface area (Å²) in [4.78, 5) is 25.5. The molecule has 0 aromatic heterocycles. The number of esters is 1. The second-order valence-corrected chi connectivity index (χ2v) is 6.00. The van der Waals surface area contributed by atoms with Crippen molar-refractivity contribution in [2.24, 2.45) is 0 Å². The largest absolute Gasteiger partial charge is 0.452 e. The fourth-order valence-electron chi connectivity index (χ4n) is 3.21. The molecule has 3 rings (SSSR count). The van der Waals surface area contributed by atoms with Crippen LogP contribution in [-0.4, -0.2) is 29.6 Å². The fraction of sp³-hybridized carbons (Fsp3) is 0.368. The van der Waals surface area contributed by atoms with Gasteiger partial charge in [0.2, 0.25) is 0 Å². The molecular formula is C19H19NO4. The number of rotatable bonds is 1. The van der Waals surface area contributed by atoms with Crippen molar-refractivity contribution >= 4 is 12.1 Å². The molecule has 0 bridgehead atoms. The van der Waals surface area contributed by atoms with Crippen molar-refractivity contribution in [3.05, 3.63) is 46.5 Å². The summed E-state index contributed by atoms with van der Waals surface area (Å²) in [6, 6.07) is 3.81. The lowest BCUT2D eigenvalue weighted by molar-refractivity contribution is -0.141. The zero-order chi connectivity index (χ0) is 17.3. The lowest BCUT2D eigenvalue weighted by Crippen LogP contribution is -2.45. The molecule has 1 amide bonds. The zero-order valence-corrected chi connectivity index (χ0v) is 14.0. The Morgan fingerprint density at radius 2 is 2.08 bits per heavy atom. The van der Waals surface area contributed by atoms with Gasteiger partial charge >= 0.3 is 12.1 Å². The predicted octanol–water partition coefficient (Wildman–Crippen LogP) is 2.80. The number of benzene rings is 1. The molecule has 1 aromatic carbocycles. The summed E-state index contributed by atoms with van der Waals surface area (Å²) in [7, 11) is 0. The molecule has 2 heterocycles. The summed E-state index contributed by atoms with van der Waals surface area (Å²) < 4.78 is 10.4. The Balaban J connectivity index is 2.02. The molecule has 2 unspecified atom stereocenters. The SMILES string of the molecule is CC#COC(=O)N1CCc2cc(C)c(C)cc2C1C1C=CC(=O)O1. The molecule has 2 aliphatic heterocycles. The minimum absolute atomic E-state index is 0.391. The molecule has 0 radical (unpaired) electrons. The first-order valence-electron chi connectivity index (χ1n) is 7.89. The number of carbonyl (C=O) groups is 2. The Hall–Kier alpha value is -2.74. The van der Waals surface area contributed by atoms with Gasteiger partial charge < -0.3 is 9.47 Å². The minimum atomic E-state index is -0.519. The van der Waals surface area contributed by atoms with E-state index in [1.54, 1.807) is 17.9 Å². The standard InChI is InChI=1S/C19H19NO4/c1-4-9-23-19(22)20-8-7-14-10-12(2)13(3)11-15(14)18(20)16-5-6-17(21)24-16/h5-6,10-11,16,18H,7-8H2,1-3H3. The van der Waals surface area contributed by atoms with Crippen molar-refractivity contribution < 1.29 is 19.1 Å². The molecule has 0 N–H and O–H groups in total. The van der Waals surface area contributed by atoms with Gasteiger partial charge in [-0.15, -0.1) is 0 Å². The lowest BCUT2D eigenvalue weighted by atomic mass is 9.87. The smallest absolute Gasteiger partial charge is 0.424 e. The highest BCUT2D eigenvalue weighted by Gasteiger charge is 2.40. The molecule has 0 saturated heterocycles. The van der Waals surface area contributed by atoms with Gasteiger partial charge in [-0.1, -0.05) is 18.1 Å². The van der Waals surface area contributed by atoms with Gasteiger partial charge in [0.15, 0.2) is 0 Å². The van der Waals surface area contributed by atoms with E-state index in [4.69, 9.17) is 9.47 Å². The van der Waals surface area contributed by atoms with Crippen LogP contribution >= 0.6 is 0 Å². The van der Waals surface area contributed by atoms with Crippen LogP contribution in [0.1, 0.15) is 35.2 Å². The van der Waals surface area contributed by atoms with Gasteiger partial charge in [-0.25, -0.2) is 9.59 Å². The summed E-state index contributed by atoms with van der Waals surface area (Å²) in [5.74, 6) is 2.15. The van der Waals surface area contributed by atoms with Gasteiger partial charge in [-0.05, 0) is 48.6 Å². The fourth-order valence-corrected chi connectivity index (χ4v) is 3.21. The minimum Gasteiger partial charge on any atom is -0.452 e. The molecule has 2 atom stereocenters. The van der Waals surface area contributed by atoms with Gasteiger partial charge in [0, 0.05) is 19.5 Å². The third-order valence-corrected chi connectivity index (χ3v) is 4.49. The van der Waals surface area contributed by atoms with Crippen molar-refractivity contribution in [3.63, 3.8) is 0 Å². The summed E-state index contributed by atoms with van der Waals surface area (Å²) in [5.41, 5.74) is 4.51. The van der Waals surface area contributed by atoms with Crippen LogP contribution in [0, 0.1) is 25.9 Å². The Labute approximate surface area is 141 Å². The van der Waals surface area contributed by atoms with E-state index in [0.29, 0.717) is 6.54 Å². The monoisotopic (exact) mass is 325 g/mol. The first-order chi connectivity index (χ1) is 11.5. The first kappa shape index (κ1) is 16.1. The molecule has 0 saturated carbocycles. The van der Waals surface area contributed by atoms with Crippen LogP contribution in [0.5, 0.6) is 0 Å². The molecule has 0 aliphatic carbocycles. The van der Waals surface area contributed by atoms with E-state index in [1.807, 2.05) is 6.92 Å². The lowest BCUT2D eigenvalue weighted by Gasteiger charge is -2.38. The first-order valence-corrected chi connectivity index (χ1v) is 7.89. The second kappa shape index (κ2) is 6.40. The highest BCUT2D eigenvalue weighted by Crippen LogP contribution is 2.37. The molecule has 2 aliphatic rings. The van der Waals surface area contributed by atoms with Crippen molar-refractivity contribution in [1.82, 2.24) is 4.90 Å². The van der Waals surface area contributed by atoms with Gasteiger partial charge in [-0.3, -0.25) is 4.90 Å². The van der Waals surface area contributed by atoms with Crippen LogP contribution in [-0.2, 0) is 20.7 Å². The zero-order valence-electron chi connectivity index (χ0n) is 14.0. The molecule has 5 heteroatoms. The van der Waals surface area contributed by atoms with E-state index in [0.717, 1.165) is 17.5 Å². The summed E-state index contributed by atoms with van der Waals surface area (Å²) in [5, 5.41) is 0. The number of fused-ring (bicyclic) bond motifs is 1. The highest BCUT2D eigenvalue weighted by atomic mass is 16.6. The van der Waals surface area contributed by atoms with E-state index < -0.39 is 24.2 Å². The topological polar surface area (TPSA) is 55.8 Å². The average molecular weight is 325 g/mol. The molecule has 0 spiro atoms. The molecule has 5 nitrogen and oxygen atoms in total. The number of aryl methyl sites for hydroxylation is 2. The van der Waals surface area contributed by atoms with Gasteiger partial charge in [-0.2, -0.15) is 0 Å².